The molecule has 4 N–H and O–H groups in total. The first-order chi connectivity index (χ1) is 8.18. The number of hydrogen-bond donors (Lipinski definition) is 2. The van der Waals surface area contributed by atoms with Crippen molar-refractivity contribution in [1.29, 1.82) is 0 Å². The maximum Gasteiger partial charge on any atom is 0.188 e. The predicted molar refractivity (Wildman–Crippen MR) is 66.2 cm³/mol. The van der Waals surface area contributed by atoms with Gasteiger partial charge in [0.15, 0.2) is 5.78 Å². The summed E-state index contributed by atoms with van der Waals surface area (Å²) >= 11 is 0. The third-order valence-electron chi connectivity index (χ3n) is 3.02. The summed E-state index contributed by atoms with van der Waals surface area (Å²) in [5.74, 6) is -0.163. The van der Waals surface area contributed by atoms with Gasteiger partial charge >= 0.3 is 0 Å². The summed E-state index contributed by atoms with van der Waals surface area (Å²) in [5.41, 5.74) is 13.0. The van der Waals surface area contributed by atoms with E-state index in [4.69, 9.17) is 11.5 Å². The highest BCUT2D eigenvalue weighted by molar-refractivity contribution is 6.15. The van der Waals surface area contributed by atoms with Gasteiger partial charge in [-0.15, -0.1) is 0 Å². The van der Waals surface area contributed by atoms with Gasteiger partial charge in [0.05, 0.1) is 11.3 Å². The van der Waals surface area contributed by atoms with Gasteiger partial charge in [-0.1, -0.05) is 24.3 Å². The molecular weight excluding hydrogens is 214 g/mol. The van der Waals surface area contributed by atoms with E-state index >= 15 is 0 Å². The molecule has 17 heavy (non-hydrogen) atoms. The van der Waals surface area contributed by atoms with Crippen LogP contribution in [-0.2, 0) is 0 Å². The van der Waals surface area contributed by atoms with Gasteiger partial charge in [0, 0.05) is 17.3 Å². The minimum absolute atomic E-state index is 0.163. The van der Waals surface area contributed by atoms with Gasteiger partial charge in [-0.05, 0) is 11.5 Å². The van der Waals surface area contributed by atoms with Crippen LogP contribution < -0.4 is 11.5 Å². The smallest absolute Gasteiger partial charge is 0.188 e. The highest BCUT2D eigenvalue weighted by atomic mass is 16.1. The normalized spacial score (nSPS) is 19.0. The number of aromatic nitrogens is 1. The quantitative estimate of drug-likeness (QED) is 0.702. The zero-order valence-electron chi connectivity index (χ0n) is 9.05. The third-order valence-corrected chi connectivity index (χ3v) is 3.02. The summed E-state index contributed by atoms with van der Waals surface area (Å²) < 4.78 is 0. The Bertz CT molecular complexity index is 661. The van der Waals surface area contributed by atoms with Crippen molar-refractivity contribution in [2.75, 3.05) is 0 Å². The van der Waals surface area contributed by atoms with E-state index in [-0.39, 0.29) is 5.78 Å². The average Bonchev–Trinajstić information content (AvgIpc) is 2.35. The van der Waals surface area contributed by atoms with Crippen molar-refractivity contribution >= 4 is 22.6 Å². The lowest BCUT2D eigenvalue weighted by atomic mass is 9.91. The highest BCUT2D eigenvalue weighted by Gasteiger charge is 2.27. The number of hydrogen-bond acceptors (Lipinski definition) is 4. The van der Waals surface area contributed by atoms with Crippen molar-refractivity contribution in [2.45, 2.75) is 6.04 Å². The molecule has 0 fully saturated rings. The zero-order chi connectivity index (χ0) is 12.0. The zero-order valence-corrected chi connectivity index (χ0v) is 9.05. The Morgan fingerprint density at radius 1 is 1.24 bits per heavy atom. The van der Waals surface area contributed by atoms with E-state index in [1.807, 2.05) is 24.3 Å². The Morgan fingerprint density at radius 3 is 2.82 bits per heavy atom. The molecule has 4 heteroatoms. The van der Waals surface area contributed by atoms with Crippen LogP contribution >= 0.6 is 0 Å². The van der Waals surface area contributed by atoms with Crippen molar-refractivity contribution in [3.8, 4) is 0 Å². The van der Waals surface area contributed by atoms with Crippen LogP contribution in [0.2, 0.25) is 0 Å². The van der Waals surface area contributed by atoms with Gasteiger partial charge in [-0.25, -0.2) is 0 Å². The van der Waals surface area contributed by atoms with E-state index in [1.165, 1.54) is 0 Å². The van der Waals surface area contributed by atoms with Gasteiger partial charge in [0.2, 0.25) is 0 Å². The molecule has 1 unspecified atom stereocenters. The second kappa shape index (κ2) is 3.40. The van der Waals surface area contributed by atoms with Gasteiger partial charge in [0.1, 0.15) is 6.04 Å². The van der Waals surface area contributed by atoms with Crippen LogP contribution in [-0.4, -0.2) is 16.8 Å². The summed E-state index contributed by atoms with van der Waals surface area (Å²) in [6.07, 6.45) is 3.41. The number of carbonyl (C=O) groups is 1. The lowest BCUT2D eigenvalue weighted by molar-refractivity contribution is 0.0973. The number of ketones is 1. The minimum Gasteiger partial charge on any atom is -0.400 e. The van der Waals surface area contributed by atoms with Crippen LogP contribution in [0.5, 0.6) is 0 Å². The molecule has 1 aromatic carbocycles. The summed E-state index contributed by atoms with van der Waals surface area (Å²) in [7, 11) is 0. The van der Waals surface area contributed by atoms with Crippen molar-refractivity contribution in [3.63, 3.8) is 0 Å². The van der Waals surface area contributed by atoms with E-state index in [0.717, 1.165) is 10.8 Å². The fourth-order valence-corrected chi connectivity index (χ4v) is 2.10. The maximum atomic E-state index is 12.2. The molecular formula is C13H11N3O. The largest absolute Gasteiger partial charge is 0.400 e. The summed E-state index contributed by atoms with van der Waals surface area (Å²) in [6.45, 7) is 0. The number of benzene rings is 1. The second-order valence-electron chi connectivity index (χ2n) is 4.09. The second-order valence-corrected chi connectivity index (χ2v) is 4.09. The van der Waals surface area contributed by atoms with Gasteiger partial charge in [-0.2, -0.15) is 0 Å². The average molecular weight is 225 g/mol. The Morgan fingerprint density at radius 2 is 2.00 bits per heavy atom. The van der Waals surface area contributed by atoms with Crippen LogP contribution in [0.1, 0.15) is 16.1 Å². The van der Waals surface area contributed by atoms with Crippen molar-refractivity contribution < 1.29 is 4.79 Å². The van der Waals surface area contributed by atoms with Crippen molar-refractivity contribution in [2.24, 2.45) is 11.5 Å². The number of rotatable bonds is 0. The molecule has 0 amide bonds. The van der Waals surface area contributed by atoms with E-state index in [2.05, 4.69) is 4.98 Å². The maximum absolute atomic E-state index is 12.2. The Hall–Kier alpha value is -2.20. The molecule has 0 saturated carbocycles. The molecule has 2 aromatic rings. The molecule has 4 nitrogen and oxygen atoms in total. The molecule has 0 bridgehead atoms. The number of fused-ring (bicyclic) bond motifs is 3. The van der Waals surface area contributed by atoms with Gasteiger partial charge in [0.25, 0.3) is 0 Å². The number of carbonyl (C=O) groups excluding carboxylic acids is 1. The molecule has 0 aliphatic heterocycles. The van der Waals surface area contributed by atoms with Crippen LogP contribution in [0.4, 0.5) is 0 Å². The molecule has 1 atom stereocenters. The molecule has 0 saturated heterocycles. The first kappa shape index (κ1) is 9.99. The first-order valence-corrected chi connectivity index (χ1v) is 5.33. The molecule has 1 heterocycles. The molecule has 1 aromatic heterocycles. The lowest BCUT2D eigenvalue weighted by Crippen LogP contribution is -2.38. The summed E-state index contributed by atoms with van der Waals surface area (Å²) in [5, 5.41) is 1.81. The van der Waals surface area contributed by atoms with Crippen molar-refractivity contribution in [1.82, 2.24) is 4.98 Å². The fraction of sp³-hybridized carbons (Fsp3) is 0.0769. The highest BCUT2D eigenvalue weighted by Crippen LogP contribution is 2.26. The van der Waals surface area contributed by atoms with Crippen LogP contribution in [0.25, 0.3) is 16.8 Å². The van der Waals surface area contributed by atoms with Crippen LogP contribution in [0.3, 0.4) is 0 Å². The Labute approximate surface area is 97.9 Å². The lowest BCUT2D eigenvalue weighted by Gasteiger charge is -2.19. The third kappa shape index (κ3) is 1.34. The van der Waals surface area contributed by atoms with E-state index in [1.54, 1.807) is 12.3 Å². The molecule has 84 valence electrons. The van der Waals surface area contributed by atoms with Gasteiger partial charge in [-0.3, -0.25) is 9.78 Å². The van der Waals surface area contributed by atoms with E-state index in [0.29, 0.717) is 17.0 Å². The SMILES string of the molecule is NC1=Cc2ncc3ccccc3c2C(=O)C1N. The summed E-state index contributed by atoms with van der Waals surface area (Å²) in [6, 6.07) is 6.87. The fourth-order valence-electron chi connectivity index (χ4n) is 2.10. The minimum atomic E-state index is -0.755. The monoisotopic (exact) mass is 225 g/mol. The first-order valence-electron chi connectivity index (χ1n) is 5.33. The molecule has 0 radical (unpaired) electrons. The number of pyridine rings is 1. The number of nitrogens with two attached hydrogens (primary N) is 2. The standard InChI is InChI=1S/C13H11N3O/c14-9-5-10-11(13(17)12(9)15)8-4-2-1-3-7(8)6-16-10/h1-6,12H,14-15H2. The molecule has 1 aliphatic carbocycles. The molecule has 3 rings (SSSR count). The van der Waals surface area contributed by atoms with E-state index < -0.39 is 6.04 Å². The topological polar surface area (TPSA) is 82.0 Å². The van der Waals surface area contributed by atoms with E-state index in [9.17, 15) is 4.79 Å². The summed E-state index contributed by atoms with van der Waals surface area (Å²) in [4.78, 5) is 16.4. The Kier molecular flexibility index (Phi) is 2.00. The van der Waals surface area contributed by atoms with Crippen LogP contribution in [0, 0.1) is 0 Å². The number of Topliss-reactive ketones (excluding diaryl/α,β-unsaturated/α-hetero) is 1. The van der Waals surface area contributed by atoms with Gasteiger partial charge < -0.3 is 11.5 Å². The molecule has 0 spiro atoms. The predicted octanol–water partition coefficient (Wildman–Crippen LogP) is 1.06. The Balaban J connectivity index is 2.41. The van der Waals surface area contributed by atoms with Crippen LogP contribution in [0.15, 0.2) is 36.2 Å². The number of nitrogens with zero attached hydrogens (tertiary/aromatic N) is 1. The molecule has 1 aliphatic rings. The van der Waals surface area contributed by atoms with Crippen molar-refractivity contribution in [3.05, 3.63) is 47.4 Å².